The second-order valence-corrected chi connectivity index (χ2v) is 4.86. The molecule has 0 aromatic heterocycles. The fourth-order valence-corrected chi connectivity index (χ4v) is 2.48. The Morgan fingerprint density at radius 3 is 3.00 bits per heavy atom. The molecule has 0 heterocycles. The molecule has 1 aliphatic rings. The van der Waals surface area contributed by atoms with Crippen LogP contribution < -0.4 is 11.0 Å². The smallest absolute Gasteiger partial charge is 0.373 e. The number of fused-ring (bicyclic) bond motifs is 1. The fraction of sp³-hybridized carbons (Fsp3) is 0.500. The molecule has 1 atom stereocenters. The van der Waals surface area contributed by atoms with Crippen LogP contribution in [0.15, 0.2) is 18.2 Å². The van der Waals surface area contributed by atoms with Gasteiger partial charge in [0.1, 0.15) is 5.60 Å². The number of nitrogen functional groups attached to an aromatic ring is 1. The molecule has 1 aliphatic carbocycles. The van der Waals surface area contributed by atoms with Crippen LogP contribution in [0.2, 0.25) is 6.82 Å². The van der Waals surface area contributed by atoms with Crippen LogP contribution in [-0.2, 0) is 12.0 Å². The van der Waals surface area contributed by atoms with Crippen LogP contribution in [0.5, 0.6) is 0 Å². The highest BCUT2D eigenvalue weighted by molar-refractivity contribution is 6.45. The molecule has 0 bridgehead atoms. The molecule has 0 radical (unpaired) electrons. The van der Waals surface area contributed by atoms with Crippen molar-refractivity contribution in [3.05, 3.63) is 29.3 Å². The second-order valence-electron chi connectivity index (χ2n) is 4.86. The topological polar surface area (TPSA) is 78.5 Å². The lowest BCUT2D eigenvalue weighted by Crippen LogP contribution is -2.45. The molecule has 1 unspecified atom stereocenters. The van der Waals surface area contributed by atoms with Crippen molar-refractivity contribution >= 4 is 12.7 Å². The number of anilines is 1. The number of nitrogens with two attached hydrogens (primary N) is 1. The van der Waals surface area contributed by atoms with E-state index >= 15 is 0 Å². The first-order valence-electron chi connectivity index (χ1n) is 6.04. The highest BCUT2D eigenvalue weighted by Gasteiger charge is 2.34. The monoisotopic (exact) mass is 234 g/mol. The van der Waals surface area contributed by atoms with Crippen LogP contribution in [0.4, 0.5) is 5.69 Å². The number of rotatable bonds is 3. The summed E-state index contributed by atoms with van der Waals surface area (Å²) in [6.45, 7) is 2.01. The minimum Gasteiger partial charge on any atom is -0.437 e. The molecule has 5 N–H and O–H groups in total. The molecule has 0 fully saturated rings. The molecule has 4 nitrogen and oxygen atoms in total. The molecular weight excluding hydrogens is 215 g/mol. The van der Waals surface area contributed by atoms with Gasteiger partial charge in [0, 0.05) is 12.2 Å². The van der Waals surface area contributed by atoms with E-state index in [2.05, 4.69) is 5.23 Å². The van der Waals surface area contributed by atoms with Gasteiger partial charge in [-0.1, -0.05) is 6.07 Å². The van der Waals surface area contributed by atoms with E-state index in [1.165, 1.54) is 0 Å². The molecule has 0 spiro atoms. The van der Waals surface area contributed by atoms with Gasteiger partial charge in [-0.15, -0.1) is 0 Å². The minimum atomic E-state index is -0.891. The van der Waals surface area contributed by atoms with E-state index in [4.69, 9.17) is 5.73 Å². The van der Waals surface area contributed by atoms with E-state index in [1.807, 2.05) is 18.2 Å². The summed E-state index contributed by atoms with van der Waals surface area (Å²) in [7, 11) is -0.613. The summed E-state index contributed by atoms with van der Waals surface area (Å²) in [5.41, 5.74) is 7.65. The van der Waals surface area contributed by atoms with Gasteiger partial charge in [0.25, 0.3) is 0 Å². The molecule has 92 valence electrons. The van der Waals surface area contributed by atoms with Crippen LogP contribution in [0.3, 0.4) is 0 Å². The van der Waals surface area contributed by atoms with Gasteiger partial charge in [-0.3, -0.25) is 0 Å². The SMILES string of the molecule is CB(O)NCC1(O)CCCc2cc(N)ccc21. The lowest BCUT2D eigenvalue weighted by atomic mass is 9.77. The Hall–Kier alpha value is -1.04. The summed E-state index contributed by atoms with van der Waals surface area (Å²) >= 11 is 0. The van der Waals surface area contributed by atoms with E-state index in [-0.39, 0.29) is 0 Å². The molecule has 17 heavy (non-hydrogen) atoms. The van der Waals surface area contributed by atoms with E-state index < -0.39 is 12.7 Å². The van der Waals surface area contributed by atoms with Crippen molar-refractivity contribution in [1.82, 2.24) is 5.23 Å². The standard InChI is InChI=1S/C12H19BN2O2/c1-13(17)15-8-12(16)6-2-3-9-7-10(14)4-5-11(9)12/h4-5,7,15-17H,2-3,6,8,14H2,1H3. The fourth-order valence-electron chi connectivity index (χ4n) is 2.48. The molecule has 2 rings (SSSR count). The number of aliphatic hydroxyl groups is 1. The third-order valence-corrected chi connectivity index (χ3v) is 3.36. The second kappa shape index (κ2) is 4.68. The molecule has 0 saturated heterocycles. The Bertz CT molecular complexity index is 411. The number of nitrogens with one attached hydrogen (secondary N) is 1. The average Bonchev–Trinajstić information content (AvgIpc) is 2.26. The third kappa shape index (κ3) is 2.62. The lowest BCUT2D eigenvalue weighted by molar-refractivity contribution is 0.0233. The van der Waals surface area contributed by atoms with Gasteiger partial charge in [0.15, 0.2) is 0 Å². The Balaban J connectivity index is 2.26. The van der Waals surface area contributed by atoms with Crippen LogP contribution in [-0.4, -0.2) is 23.7 Å². The molecule has 0 saturated carbocycles. The van der Waals surface area contributed by atoms with Gasteiger partial charge in [-0.25, -0.2) is 0 Å². The van der Waals surface area contributed by atoms with Gasteiger partial charge in [0.05, 0.1) is 0 Å². The van der Waals surface area contributed by atoms with Crippen LogP contribution in [0.25, 0.3) is 0 Å². The summed E-state index contributed by atoms with van der Waals surface area (Å²) in [6, 6.07) is 5.65. The number of hydrogen-bond donors (Lipinski definition) is 4. The zero-order valence-electron chi connectivity index (χ0n) is 10.1. The van der Waals surface area contributed by atoms with Crippen molar-refractivity contribution in [3.63, 3.8) is 0 Å². The van der Waals surface area contributed by atoms with E-state index in [0.29, 0.717) is 13.0 Å². The first kappa shape index (κ1) is 12.4. The Labute approximate surface area is 102 Å². The van der Waals surface area contributed by atoms with Crippen LogP contribution in [0, 0.1) is 0 Å². The number of aryl methyl sites for hydroxylation is 1. The van der Waals surface area contributed by atoms with E-state index in [0.717, 1.165) is 29.7 Å². The quantitative estimate of drug-likeness (QED) is 0.453. The summed E-state index contributed by atoms with van der Waals surface area (Å²) in [6.07, 6.45) is 2.61. The summed E-state index contributed by atoms with van der Waals surface area (Å²) in [4.78, 5) is 0. The maximum atomic E-state index is 10.6. The Kier molecular flexibility index (Phi) is 3.42. The van der Waals surface area contributed by atoms with Gasteiger partial charge < -0.3 is 21.1 Å². The highest BCUT2D eigenvalue weighted by Crippen LogP contribution is 2.35. The molecule has 0 amide bonds. The predicted molar refractivity (Wildman–Crippen MR) is 69.5 cm³/mol. The van der Waals surface area contributed by atoms with E-state index in [1.54, 1.807) is 6.82 Å². The van der Waals surface area contributed by atoms with E-state index in [9.17, 15) is 10.1 Å². The highest BCUT2D eigenvalue weighted by atomic mass is 16.3. The Morgan fingerprint density at radius 1 is 1.53 bits per heavy atom. The maximum Gasteiger partial charge on any atom is 0.373 e. The van der Waals surface area contributed by atoms with Crippen LogP contribution in [0.1, 0.15) is 24.0 Å². The van der Waals surface area contributed by atoms with Gasteiger partial charge in [-0.2, -0.15) is 0 Å². The summed E-state index contributed by atoms with van der Waals surface area (Å²) in [5, 5.41) is 22.8. The van der Waals surface area contributed by atoms with Crippen LogP contribution >= 0.6 is 0 Å². The third-order valence-electron chi connectivity index (χ3n) is 3.36. The van der Waals surface area contributed by atoms with Crippen molar-refractivity contribution < 1.29 is 10.1 Å². The normalized spacial score (nSPS) is 23.2. The predicted octanol–water partition coefficient (Wildman–Crippen LogP) is 0.493. The summed E-state index contributed by atoms with van der Waals surface area (Å²) < 4.78 is 0. The zero-order valence-corrected chi connectivity index (χ0v) is 10.1. The summed E-state index contributed by atoms with van der Waals surface area (Å²) in [5.74, 6) is 0. The molecule has 5 heteroatoms. The maximum absolute atomic E-state index is 10.6. The first-order chi connectivity index (χ1) is 8.01. The molecule has 1 aromatic carbocycles. The first-order valence-corrected chi connectivity index (χ1v) is 6.04. The minimum absolute atomic E-state index is 0.363. The van der Waals surface area contributed by atoms with Gasteiger partial charge in [-0.05, 0) is 49.3 Å². The zero-order chi connectivity index (χ0) is 12.5. The molecule has 0 aliphatic heterocycles. The number of benzene rings is 1. The molecular formula is C12H19BN2O2. The Morgan fingerprint density at radius 2 is 2.29 bits per heavy atom. The van der Waals surface area contributed by atoms with Gasteiger partial charge >= 0.3 is 7.05 Å². The lowest BCUT2D eigenvalue weighted by Gasteiger charge is -2.35. The molecule has 1 aromatic rings. The van der Waals surface area contributed by atoms with Crippen molar-refractivity contribution in [3.8, 4) is 0 Å². The average molecular weight is 234 g/mol. The largest absolute Gasteiger partial charge is 0.437 e. The van der Waals surface area contributed by atoms with Crippen molar-refractivity contribution in [2.75, 3.05) is 12.3 Å². The van der Waals surface area contributed by atoms with Crippen molar-refractivity contribution in [1.29, 1.82) is 0 Å². The van der Waals surface area contributed by atoms with Crippen molar-refractivity contribution in [2.45, 2.75) is 31.7 Å². The van der Waals surface area contributed by atoms with Crippen molar-refractivity contribution in [2.24, 2.45) is 0 Å². The van der Waals surface area contributed by atoms with Gasteiger partial charge in [0.2, 0.25) is 0 Å². The number of hydrogen-bond acceptors (Lipinski definition) is 4.